The van der Waals surface area contributed by atoms with E-state index in [1.165, 1.54) is 0 Å². The van der Waals surface area contributed by atoms with E-state index < -0.39 is 0 Å². The van der Waals surface area contributed by atoms with Crippen molar-refractivity contribution in [3.05, 3.63) is 0 Å². The molecule has 1 atom stereocenters. The van der Waals surface area contributed by atoms with Crippen LogP contribution in [0.4, 0.5) is 0 Å². The monoisotopic (exact) mass is 216 g/mol. The molecule has 15 heavy (non-hydrogen) atoms. The lowest BCUT2D eigenvalue weighted by molar-refractivity contribution is -0.118. The minimum atomic E-state index is 0.139. The molecular weight excluding hydrogens is 196 g/mol. The van der Waals surface area contributed by atoms with Gasteiger partial charge in [0.25, 0.3) is 0 Å². The van der Waals surface area contributed by atoms with Crippen LogP contribution in [0.1, 0.15) is 25.7 Å². The summed E-state index contributed by atoms with van der Waals surface area (Å²) in [5.74, 6) is 0.320. The molecule has 4 heteroatoms. The molecule has 0 heterocycles. The van der Waals surface area contributed by atoms with Gasteiger partial charge in [0.1, 0.15) is 5.78 Å². The number of carbonyl (C=O) groups excluding carboxylic acids is 1. The van der Waals surface area contributed by atoms with Gasteiger partial charge in [-0.2, -0.15) is 0 Å². The maximum absolute atomic E-state index is 10.9. The molecular formula is C11H20O4. The van der Waals surface area contributed by atoms with Crippen LogP contribution in [0.5, 0.6) is 0 Å². The summed E-state index contributed by atoms with van der Waals surface area (Å²) in [5.41, 5.74) is 0. The minimum absolute atomic E-state index is 0.139. The quantitative estimate of drug-likeness (QED) is 0.571. The van der Waals surface area contributed by atoms with E-state index in [0.717, 1.165) is 19.4 Å². The molecule has 0 saturated heterocycles. The number of Topliss-reactive ketones (excluding diaryl/α,β-unsaturated/α-hetero) is 1. The zero-order valence-corrected chi connectivity index (χ0v) is 9.37. The predicted molar refractivity (Wildman–Crippen MR) is 55.9 cm³/mol. The highest BCUT2D eigenvalue weighted by molar-refractivity contribution is 5.81. The molecule has 0 aliphatic heterocycles. The summed E-state index contributed by atoms with van der Waals surface area (Å²) in [6, 6.07) is 0. The standard InChI is InChI=1S/C11H20O4/c1-13-5-2-6-14-7-8-15-11-4-3-10(12)9-11/h11H,2-9H2,1H3. The Balaban J connectivity index is 1.83. The summed E-state index contributed by atoms with van der Waals surface area (Å²) in [6.07, 6.45) is 3.20. The lowest BCUT2D eigenvalue weighted by Crippen LogP contribution is -2.14. The van der Waals surface area contributed by atoms with Crippen LogP contribution in [-0.2, 0) is 19.0 Å². The fourth-order valence-corrected chi connectivity index (χ4v) is 1.60. The van der Waals surface area contributed by atoms with Gasteiger partial charge in [-0.05, 0) is 12.8 Å². The number of hydrogen-bond donors (Lipinski definition) is 0. The summed E-state index contributed by atoms with van der Waals surface area (Å²) < 4.78 is 15.7. The second-order valence-corrected chi connectivity index (χ2v) is 3.73. The summed E-state index contributed by atoms with van der Waals surface area (Å²) in [6.45, 7) is 2.64. The van der Waals surface area contributed by atoms with Gasteiger partial charge in [0, 0.05) is 33.2 Å². The Labute approximate surface area is 90.9 Å². The Kier molecular flexibility index (Phi) is 6.55. The number of ether oxygens (including phenoxy) is 3. The third-order valence-corrected chi connectivity index (χ3v) is 2.42. The van der Waals surface area contributed by atoms with Crippen molar-refractivity contribution in [3.63, 3.8) is 0 Å². The van der Waals surface area contributed by atoms with Crippen LogP contribution in [0.2, 0.25) is 0 Å². The minimum Gasteiger partial charge on any atom is -0.385 e. The van der Waals surface area contributed by atoms with Crippen LogP contribution >= 0.6 is 0 Å². The highest BCUT2D eigenvalue weighted by atomic mass is 16.5. The van der Waals surface area contributed by atoms with E-state index in [9.17, 15) is 4.79 Å². The maximum atomic E-state index is 10.9. The Morgan fingerprint density at radius 2 is 2.13 bits per heavy atom. The van der Waals surface area contributed by atoms with Crippen molar-refractivity contribution < 1.29 is 19.0 Å². The molecule has 4 nitrogen and oxygen atoms in total. The Hall–Kier alpha value is -0.450. The van der Waals surface area contributed by atoms with E-state index in [-0.39, 0.29) is 6.10 Å². The molecule has 1 rings (SSSR count). The van der Waals surface area contributed by atoms with Gasteiger partial charge in [0.2, 0.25) is 0 Å². The van der Waals surface area contributed by atoms with Crippen LogP contribution < -0.4 is 0 Å². The Bertz CT molecular complexity index is 181. The first-order chi connectivity index (χ1) is 7.33. The second-order valence-electron chi connectivity index (χ2n) is 3.73. The Morgan fingerprint density at radius 1 is 1.27 bits per heavy atom. The first-order valence-corrected chi connectivity index (χ1v) is 5.53. The lowest BCUT2D eigenvalue weighted by Gasteiger charge is -2.10. The normalized spacial score (nSPS) is 21.1. The van der Waals surface area contributed by atoms with Gasteiger partial charge in [-0.1, -0.05) is 0 Å². The van der Waals surface area contributed by atoms with Crippen molar-refractivity contribution >= 4 is 5.78 Å². The van der Waals surface area contributed by atoms with Crippen LogP contribution in [0.15, 0.2) is 0 Å². The van der Waals surface area contributed by atoms with E-state index in [1.54, 1.807) is 7.11 Å². The summed E-state index contributed by atoms with van der Waals surface area (Å²) >= 11 is 0. The van der Waals surface area contributed by atoms with Gasteiger partial charge in [-0.3, -0.25) is 4.79 Å². The van der Waals surface area contributed by atoms with Crippen molar-refractivity contribution in [1.29, 1.82) is 0 Å². The number of carbonyl (C=O) groups is 1. The van der Waals surface area contributed by atoms with Crippen molar-refractivity contribution in [2.24, 2.45) is 0 Å². The fraction of sp³-hybridized carbons (Fsp3) is 0.909. The van der Waals surface area contributed by atoms with E-state index in [2.05, 4.69) is 0 Å². The molecule has 0 N–H and O–H groups in total. The van der Waals surface area contributed by atoms with Gasteiger partial charge in [-0.25, -0.2) is 0 Å². The molecule has 88 valence electrons. The molecule has 1 aliphatic rings. The highest BCUT2D eigenvalue weighted by Gasteiger charge is 2.22. The summed E-state index contributed by atoms with van der Waals surface area (Å²) in [5, 5.41) is 0. The Morgan fingerprint density at radius 3 is 2.80 bits per heavy atom. The molecule has 0 radical (unpaired) electrons. The third kappa shape index (κ3) is 5.87. The third-order valence-electron chi connectivity index (χ3n) is 2.42. The van der Waals surface area contributed by atoms with Crippen molar-refractivity contribution in [2.75, 3.05) is 33.5 Å². The van der Waals surface area contributed by atoms with Gasteiger partial charge in [0.05, 0.1) is 19.3 Å². The van der Waals surface area contributed by atoms with Crippen LogP contribution in [-0.4, -0.2) is 45.4 Å². The van der Waals surface area contributed by atoms with Gasteiger partial charge >= 0.3 is 0 Å². The van der Waals surface area contributed by atoms with E-state index >= 15 is 0 Å². The molecule has 0 aromatic rings. The van der Waals surface area contributed by atoms with E-state index in [1.807, 2.05) is 0 Å². The van der Waals surface area contributed by atoms with Crippen molar-refractivity contribution in [2.45, 2.75) is 31.8 Å². The first kappa shape index (κ1) is 12.6. The molecule has 0 aromatic heterocycles. The highest BCUT2D eigenvalue weighted by Crippen LogP contribution is 2.17. The molecule has 1 aliphatic carbocycles. The average Bonchev–Trinajstić information content (AvgIpc) is 2.63. The molecule has 1 saturated carbocycles. The van der Waals surface area contributed by atoms with E-state index in [4.69, 9.17) is 14.2 Å². The maximum Gasteiger partial charge on any atom is 0.135 e. The second kappa shape index (κ2) is 7.79. The SMILES string of the molecule is COCCCOCCOC1CCC(=O)C1. The van der Waals surface area contributed by atoms with Crippen LogP contribution in [0.3, 0.4) is 0 Å². The molecule has 0 bridgehead atoms. The predicted octanol–water partition coefficient (Wildman–Crippen LogP) is 1.18. The smallest absolute Gasteiger partial charge is 0.135 e. The zero-order valence-electron chi connectivity index (χ0n) is 9.37. The molecule has 1 unspecified atom stereocenters. The van der Waals surface area contributed by atoms with Gasteiger partial charge in [0.15, 0.2) is 0 Å². The van der Waals surface area contributed by atoms with Gasteiger partial charge < -0.3 is 14.2 Å². The first-order valence-electron chi connectivity index (χ1n) is 5.53. The molecule has 0 spiro atoms. The lowest BCUT2D eigenvalue weighted by atomic mass is 10.3. The van der Waals surface area contributed by atoms with Crippen LogP contribution in [0.25, 0.3) is 0 Å². The summed E-state index contributed by atoms with van der Waals surface area (Å²) in [7, 11) is 1.68. The number of rotatable bonds is 8. The van der Waals surface area contributed by atoms with Crippen molar-refractivity contribution in [3.8, 4) is 0 Å². The number of hydrogen-bond acceptors (Lipinski definition) is 4. The van der Waals surface area contributed by atoms with E-state index in [0.29, 0.717) is 38.4 Å². The molecule has 0 aromatic carbocycles. The number of methoxy groups -OCH3 is 1. The zero-order chi connectivity index (χ0) is 10.9. The molecule has 1 fully saturated rings. The van der Waals surface area contributed by atoms with Gasteiger partial charge in [-0.15, -0.1) is 0 Å². The molecule has 0 amide bonds. The van der Waals surface area contributed by atoms with Crippen LogP contribution in [0, 0.1) is 0 Å². The summed E-state index contributed by atoms with van der Waals surface area (Å²) in [4.78, 5) is 10.9. The largest absolute Gasteiger partial charge is 0.385 e. The van der Waals surface area contributed by atoms with Crippen molar-refractivity contribution in [1.82, 2.24) is 0 Å². The average molecular weight is 216 g/mol. The topological polar surface area (TPSA) is 44.8 Å². The number of ketones is 1. The fourth-order valence-electron chi connectivity index (χ4n) is 1.60.